The van der Waals surface area contributed by atoms with Crippen LogP contribution in [0.3, 0.4) is 0 Å². The van der Waals surface area contributed by atoms with E-state index in [1.54, 1.807) is 6.92 Å². The third-order valence-electron chi connectivity index (χ3n) is 3.31. The number of carbonyl (C=O) groups excluding carboxylic acids is 1. The van der Waals surface area contributed by atoms with E-state index in [1.165, 1.54) is 12.8 Å². The van der Waals surface area contributed by atoms with Crippen LogP contribution in [0.4, 0.5) is 4.79 Å². The van der Waals surface area contributed by atoms with Crippen LogP contribution in [0.5, 0.6) is 0 Å². The number of urea groups is 1. The Bertz CT molecular complexity index is 301. The Morgan fingerprint density at radius 1 is 1.33 bits per heavy atom. The number of amides is 2. The van der Waals surface area contributed by atoms with Gasteiger partial charge in [-0.15, -0.1) is 0 Å². The van der Waals surface area contributed by atoms with Crippen molar-refractivity contribution in [3.8, 4) is 0 Å². The molecule has 0 spiro atoms. The molecule has 104 valence electrons. The van der Waals surface area contributed by atoms with E-state index >= 15 is 0 Å². The van der Waals surface area contributed by atoms with E-state index in [1.807, 2.05) is 18.7 Å². The van der Waals surface area contributed by atoms with Gasteiger partial charge in [-0.05, 0) is 39.0 Å². The third kappa shape index (κ3) is 4.94. The molecule has 2 amide bonds. The molecule has 1 rings (SSSR count). The van der Waals surface area contributed by atoms with Gasteiger partial charge >= 0.3 is 12.0 Å². The molecular weight excluding hydrogens is 232 g/mol. The van der Waals surface area contributed by atoms with Crippen molar-refractivity contribution in [2.45, 2.75) is 46.1 Å². The molecule has 0 heterocycles. The topological polar surface area (TPSA) is 69.6 Å². The lowest BCUT2D eigenvalue weighted by molar-refractivity contribution is -0.141. The van der Waals surface area contributed by atoms with Gasteiger partial charge in [-0.1, -0.05) is 6.92 Å². The molecule has 1 fully saturated rings. The summed E-state index contributed by atoms with van der Waals surface area (Å²) in [6.45, 7) is 6.89. The molecule has 0 aliphatic heterocycles. The molecule has 1 unspecified atom stereocenters. The molecule has 0 aromatic heterocycles. The normalized spacial score (nSPS) is 16.4. The molecule has 0 saturated heterocycles. The van der Waals surface area contributed by atoms with Gasteiger partial charge in [0.2, 0.25) is 0 Å². The number of carbonyl (C=O) groups is 2. The van der Waals surface area contributed by atoms with Crippen molar-refractivity contribution in [3.05, 3.63) is 0 Å². The summed E-state index contributed by atoms with van der Waals surface area (Å²) in [4.78, 5) is 24.5. The second-order valence-electron chi connectivity index (χ2n) is 5.45. The maximum Gasteiger partial charge on any atom is 0.317 e. The molecule has 1 atom stereocenters. The summed E-state index contributed by atoms with van der Waals surface area (Å²) in [6, 6.07) is 0.108. The first-order chi connectivity index (χ1) is 8.41. The standard InChI is InChI=1S/C13H24N2O3/c1-9(2)15(8-11-4-5-11)13(18)14-7-6-10(3)12(16)17/h9-11H,4-8H2,1-3H3,(H,14,18)(H,16,17). The lowest BCUT2D eigenvalue weighted by Crippen LogP contribution is -2.45. The zero-order valence-corrected chi connectivity index (χ0v) is 11.5. The van der Waals surface area contributed by atoms with E-state index in [0.717, 1.165) is 6.54 Å². The summed E-state index contributed by atoms with van der Waals surface area (Å²) < 4.78 is 0. The molecule has 1 aliphatic rings. The number of nitrogens with zero attached hydrogens (tertiary/aromatic N) is 1. The predicted octanol–water partition coefficient (Wildman–Crippen LogP) is 1.93. The van der Waals surface area contributed by atoms with Crippen LogP contribution >= 0.6 is 0 Å². The lowest BCUT2D eigenvalue weighted by atomic mass is 10.1. The molecule has 0 aromatic carbocycles. The highest BCUT2D eigenvalue weighted by Crippen LogP contribution is 2.30. The number of hydrogen-bond donors (Lipinski definition) is 2. The zero-order valence-electron chi connectivity index (χ0n) is 11.5. The van der Waals surface area contributed by atoms with Crippen LogP contribution < -0.4 is 5.32 Å². The largest absolute Gasteiger partial charge is 0.481 e. The average Bonchev–Trinajstić information content (AvgIpc) is 3.08. The van der Waals surface area contributed by atoms with Crippen LogP contribution in [0.1, 0.15) is 40.0 Å². The van der Waals surface area contributed by atoms with Crippen LogP contribution in [-0.2, 0) is 4.79 Å². The second-order valence-corrected chi connectivity index (χ2v) is 5.45. The summed E-state index contributed by atoms with van der Waals surface area (Å²) in [5, 5.41) is 11.6. The molecule has 1 aliphatic carbocycles. The first-order valence-corrected chi connectivity index (χ1v) is 6.69. The Hall–Kier alpha value is -1.26. The van der Waals surface area contributed by atoms with Gasteiger partial charge in [-0.3, -0.25) is 4.79 Å². The highest BCUT2D eigenvalue weighted by molar-refractivity contribution is 5.74. The number of carboxylic acid groups (broad SMARTS) is 1. The number of aliphatic carboxylic acids is 1. The molecule has 5 heteroatoms. The van der Waals surface area contributed by atoms with Gasteiger partial charge in [0.1, 0.15) is 0 Å². The highest BCUT2D eigenvalue weighted by Gasteiger charge is 2.28. The van der Waals surface area contributed by atoms with Crippen LogP contribution in [0, 0.1) is 11.8 Å². The van der Waals surface area contributed by atoms with Crippen molar-refractivity contribution >= 4 is 12.0 Å². The smallest absolute Gasteiger partial charge is 0.317 e. The van der Waals surface area contributed by atoms with E-state index in [0.29, 0.717) is 18.9 Å². The summed E-state index contributed by atoms with van der Waals surface area (Å²) in [6.07, 6.45) is 2.90. The maximum absolute atomic E-state index is 12.0. The van der Waals surface area contributed by atoms with Gasteiger partial charge in [-0.25, -0.2) is 4.79 Å². The Labute approximate surface area is 109 Å². The van der Waals surface area contributed by atoms with Crippen molar-refractivity contribution in [1.29, 1.82) is 0 Å². The minimum absolute atomic E-state index is 0.0745. The number of nitrogens with one attached hydrogen (secondary N) is 1. The fourth-order valence-electron chi connectivity index (χ4n) is 1.73. The SMILES string of the molecule is CC(CCNC(=O)N(CC1CC1)C(C)C)C(=O)O. The van der Waals surface area contributed by atoms with E-state index in [9.17, 15) is 9.59 Å². The molecule has 1 saturated carbocycles. The van der Waals surface area contributed by atoms with Gasteiger partial charge in [0, 0.05) is 19.1 Å². The van der Waals surface area contributed by atoms with Gasteiger partial charge in [-0.2, -0.15) is 0 Å². The quantitative estimate of drug-likeness (QED) is 0.731. The number of carboxylic acids is 1. The molecular formula is C13H24N2O3. The minimum Gasteiger partial charge on any atom is -0.481 e. The molecule has 2 N–H and O–H groups in total. The van der Waals surface area contributed by atoms with Crippen LogP contribution in [0.2, 0.25) is 0 Å². The van der Waals surface area contributed by atoms with Crippen LogP contribution in [0.25, 0.3) is 0 Å². The molecule has 5 nitrogen and oxygen atoms in total. The van der Waals surface area contributed by atoms with E-state index in [4.69, 9.17) is 5.11 Å². The average molecular weight is 256 g/mol. The minimum atomic E-state index is -0.817. The fourth-order valence-corrected chi connectivity index (χ4v) is 1.73. The van der Waals surface area contributed by atoms with Crippen LogP contribution in [-0.4, -0.2) is 41.1 Å². The van der Waals surface area contributed by atoms with Crippen molar-refractivity contribution in [3.63, 3.8) is 0 Å². The first kappa shape index (κ1) is 14.8. The summed E-state index contributed by atoms with van der Waals surface area (Å²) in [5.41, 5.74) is 0. The second kappa shape index (κ2) is 6.61. The van der Waals surface area contributed by atoms with Gasteiger partial charge in [0.25, 0.3) is 0 Å². The molecule has 18 heavy (non-hydrogen) atoms. The molecule has 0 bridgehead atoms. The van der Waals surface area contributed by atoms with E-state index in [-0.39, 0.29) is 12.1 Å². The Morgan fingerprint density at radius 2 is 1.94 bits per heavy atom. The monoisotopic (exact) mass is 256 g/mol. The first-order valence-electron chi connectivity index (χ1n) is 6.69. The van der Waals surface area contributed by atoms with Gasteiger partial charge < -0.3 is 15.3 Å². The predicted molar refractivity (Wildman–Crippen MR) is 69.4 cm³/mol. The van der Waals surface area contributed by atoms with Crippen molar-refractivity contribution in [1.82, 2.24) is 10.2 Å². The van der Waals surface area contributed by atoms with Gasteiger partial charge in [0.05, 0.1) is 5.92 Å². The Morgan fingerprint density at radius 3 is 2.39 bits per heavy atom. The fraction of sp³-hybridized carbons (Fsp3) is 0.846. The van der Waals surface area contributed by atoms with Crippen LogP contribution in [0.15, 0.2) is 0 Å². The molecule has 0 aromatic rings. The Balaban J connectivity index is 2.29. The number of hydrogen-bond acceptors (Lipinski definition) is 2. The number of rotatable bonds is 7. The van der Waals surface area contributed by atoms with E-state index < -0.39 is 11.9 Å². The summed E-state index contributed by atoms with van der Waals surface area (Å²) in [7, 11) is 0. The van der Waals surface area contributed by atoms with E-state index in [2.05, 4.69) is 5.32 Å². The van der Waals surface area contributed by atoms with Gasteiger partial charge in [0.15, 0.2) is 0 Å². The lowest BCUT2D eigenvalue weighted by Gasteiger charge is -2.27. The van der Waals surface area contributed by atoms with Crippen molar-refractivity contribution in [2.75, 3.05) is 13.1 Å². The van der Waals surface area contributed by atoms with Crippen molar-refractivity contribution in [2.24, 2.45) is 11.8 Å². The highest BCUT2D eigenvalue weighted by atomic mass is 16.4. The maximum atomic E-state index is 12.0. The zero-order chi connectivity index (χ0) is 13.7. The summed E-state index contributed by atoms with van der Waals surface area (Å²) >= 11 is 0. The Kier molecular flexibility index (Phi) is 5.44. The summed E-state index contributed by atoms with van der Waals surface area (Å²) in [5.74, 6) is -0.569. The molecule has 0 radical (unpaired) electrons. The van der Waals surface area contributed by atoms with Crippen molar-refractivity contribution < 1.29 is 14.7 Å². The third-order valence-corrected chi connectivity index (χ3v) is 3.31.